The number of hydrogen-bond donors (Lipinski definition) is 1. The van der Waals surface area contributed by atoms with Crippen molar-refractivity contribution >= 4 is 16.9 Å². The molecule has 1 heterocycles. The van der Waals surface area contributed by atoms with Crippen molar-refractivity contribution in [3.63, 3.8) is 0 Å². The Balaban J connectivity index is 2.12. The van der Waals surface area contributed by atoms with Crippen molar-refractivity contribution < 1.29 is 9.90 Å². The highest BCUT2D eigenvalue weighted by atomic mass is 16.4. The predicted molar refractivity (Wildman–Crippen MR) is 72.3 cm³/mol. The Hall–Kier alpha value is -2.37. The molecule has 0 atom stereocenters. The van der Waals surface area contributed by atoms with Crippen LogP contribution in [0.5, 0.6) is 0 Å². The lowest BCUT2D eigenvalue weighted by Gasteiger charge is -2.06. The lowest BCUT2D eigenvalue weighted by molar-refractivity contribution is -0.305. The highest BCUT2D eigenvalue weighted by Crippen LogP contribution is 2.04. The van der Waals surface area contributed by atoms with Gasteiger partial charge < -0.3 is 14.9 Å². The predicted octanol–water partition coefficient (Wildman–Crippen LogP) is 0.0001000. The first-order valence-corrected chi connectivity index (χ1v) is 6.51. The molecule has 0 saturated carbocycles. The standard InChI is InChI=1S/C14H16N2O4/c17-12(18)8-2-1-5-9-16-13(19)10-6-3-4-7-11(10)15-14(16)20/h3-4,6-7H,1-2,5,8-9H2,(H,15,20)(H,17,18)/p-1. The van der Waals surface area contributed by atoms with Crippen LogP contribution in [0.1, 0.15) is 25.7 Å². The third kappa shape index (κ3) is 3.14. The van der Waals surface area contributed by atoms with E-state index in [0.717, 1.165) is 4.57 Å². The zero-order valence-corrected chi connectivity index (χ0v) is 10.9. The molecule has 6 heteroatoms. The van der Waals surface area contributed by atoms with Crippen molar-refractivity contribution in [2.24, 2.45) is 0 Å². The van der Waals surface area contributed by atoms with Gasteiger partial charge in [-0.3, -0.25) is 9.36 Å². The van der Waals surface area contributed by atoms with Crippen LogP contribution in [-0.2, 0) is 11.3 Å². The van der Waals surface area contributed by atoms with Crippen molar-refractivity contribution in [1.82, 2.24) is 9.55 Å². The number of fused-ring (bicyclic) bond motifs is 1. The number of aliphatic carboxylic acids is 1. The fourth-order valence-electron chi connectivity index (χ4n) is 2.12. The number of aromatic nitrogens is 2. The van der Waals surface area contributed by atoms with Crippen molar-refractivity contribution in [2.75, 3.05) is 0 Å². The summed E-state index contributed by atoms with van der Waals surface area (Å²) in [5.41, 5.74) is -0.228. The van der Waals surface area contributed by atoms with Gasteiger partial charge in [0.15, 0.2) is 0 Å². The average molecular weight is 275 g/mol. The molecule has 0 amide bonds. The monoisotopic (exact) mass is 275 g/mol. The van der Waals surface area contributed by atoms with Gasteiger partial charge in [0.1, 0.15) is 0 Å². The molecule has 0 radical (unpaired) electrons. The SMILES string of the molecule is O=C([O-])CCCCCn1c(=O)[nH]c2ccccc2c1=O. The third-order valence-corrected chi connectivity index (χ3v) is 3.15. The van der Waals surface area contributed by atoms with E-state index in [1.54, 1.807) is 24.3 Å². The zero-order chi connectivity index (χ0) is 14.5. The minimum atomic E-state index is -1.08. The molecule has 0 saturated heterocycles. The number of hydrogen-bond acceptors (Lipinski definition) is 4. The van der Waals surface area contributed by atoms with Crippen LogP contribution in [0, 0.1) is 0 Å². The number of nitrogens with one attached hydrogen (secondary N) is 1. The molecule has 1 aromatic carbocycles. The minimum absolute atomic E-state index is 0.00295. The highest BCUT2D eigenvalue weighted by Gasteiger charge is 2.06. The van der Waals surface area contributed by atoms with E-state index in [4.69, 9.17) is 0 Å². The van der Waals surface area contributed by atoms with E-state index in [-0.39, 0.29) is 18.5 Å². The van der Waals surface area contributed by atoms with Gasteiger partial charge >= 0.3 is 5.69 Å². The molecule has 1 aromatic heterocycles. The Morgan fingerprint density at radius 3 is 2.65 bits per heavy atom. The van der Waals surface area contributed by atoms with Crippen LogP contribution < -0.4 is 16.4 Å². The average Bonchev–Trinajstić information content (AvgIpc) is 2.41. The number of carboxylic acid groups (broad SMARTS) is 1. The number of aromatic amines is 1. The van der Waals surface area contributed by atoms with Gasteiger partial charge in [-0.15, -0.1) is 0 Å². The highest BCUT2D eigenvalue weighted by molar-refractivity contribution is 5.76. The maximum Gasteiger partial charge on any atom is 0.328 e. The third-order valence-electron chi connectivity index (χ3n) is 3.15. The summed E-state index contributed by atoms with van der Waals surface area (Å²) in [6.45, 7) is 0.284. The molecule has 106 valence electrons. The second-order valence-corrected chi connectivity index (χ2v) is 4.62. The lowest BCUT2D eigenvalue weighted by Crippen LogP contribution is -2.35. The first-order chi connectivity index (χ1) is 9.59. The largest absolute Gasteiger partial charge is 0.550 e. The zero-order valence-electron chi connectivity index (χ0n) is 10.9. The van der Waals surface area contributed by atoms with E-state index in [2.05, 4.69) is 4.98 Å². The van der Waals surface area contributed by atoms with Crippen molar-refractivity contribution in [2.45, 2.75) is 32.2 Å². The number of benzene rings is 1. The smallest absolute Gasteiger partial charge is 0.328 e. The van der Waals surface area contributed by atoms with Crippen LogP contribution >= 0.6 is 0 Å². The number of carboxylic acids is 1. The number of para-hydroxylation sites is 1. The summed E-state index contributed by atoms with van der Waals surface area (Å²) in [5.74, 6) is -1.08. The molecule has 20 heavy (non-hydrogen) atoms. The molecular weight excluding hydrogens is 260 g/mol. The van der Waals surface area contributed by atoms with E-state index < -0.39 is 11.7 Å². The molecule has 0 aliphatic carbocycles. The van der Waals surface area contributed by atoms with Crippen LogP contribution in [0.25, 0.3) is 10.9 Å². The second-order valence-electron chi connectivity index (χ2n) is 4.62. The van der Waals surface area contributed by atoms with Crippen molar-refractivity contribution in [3.8, 4) is 0 Å². The van der Waals surface area contributed by atoms with Crippen molar-refractivity contribution in [1.29, 1.82) is 0 Å². The van der Waals surface area contributed by atoms with Crippen LogP contribution in [0.15, 0.2) is 33.9 Å². The van der Waals surface area contributed by atoms with Gasteiger partial charge in [-0.25, -0.2) is 4.79 Å². The van der Waals surface area contributed by atoms with Gasteiger partial charge in [0.05, 0.1) is 10.9 Å². The molecule has 0 spiro atoms. The summed E-state index contributed by atoms with van der Waals surface area (Å²) in [5, 5.41) is 10.7. The Bertz CT molecular complexity index is 730. The van der Waals surface area contributed by atoms with E-state index in [9.17, 15) is 19.5 Å². The molecule has 0 unspecified atom stereocenters. The molecule has 2 aromatic rings. The first-order valence-electron chi connectivity index (χ1n) is 6.51. The van der Waals surface area contributed by atoms with E-state index >= 15 is 0 Å². The van der Waals surface area contributed by atoms with Gasteiger partial charge in [-0.05, 0) is 31.4 Å². The normalized spacial score (nSPS) is 10.8. The Morgan fingerprint density at radius 1 is 1.15 bits per heavy atom. The Morgan fingerprint density at radius 2 is 1.90 bits per heavy atom. The quantitative estimate of drug-likeness (QED) is 0.751. The van der Waals surface area contributed by atoms with E-state index in [0.29, 0.717) is 30.2 Å². The Kier molecular flexibility index (Phi) is 4.34. The number of rotatable bonds is 6. The van der Waals surface area contributed by atoms with Crippen molar-refractivity contribution in [3.05, 3.63) is 45.1 Å². The second kappa shape index (κ2) is 6.18. The molecule has 0 fully saturated rings. The summed E-state index contributed by atoms with van der Waals surface area (Å²) >= 11 is 0. The fourth-order valence-corrected chi connectivity index (χ4v) is 2.12. The molecule has 0 aliphatic rings. The molecular formula is C14H15N2O4-. The molecule has 0 aliphatic heterocycles. The number of carbonyl (C=O) groups is 1. The van der Waals surface area contributed by atoms with Crippen LogP contribution in [0.2, 0.25) is 0 Å². The maximum absolute atomic E-state index is 12.2. The molecule has 2 rings (SSSR count). The van der Waals surface area contributed by atoms with Gasteiger partial charge in [-0.1, -0.05) is 18.6 Å². The molecule has 0 bridgehead atoms. The minimum Gasteiger partial charge on any atom is -0.550 e. The lowest BCUT2D eigenvalue weighted by atomic mass is 10.2. The topological polar surface area (TPSA) is 95.0 Å². The molecule has 1 N–H and O–H groups in total. The van der Waals surface area contributed by atoms with Gasteiger partial charge in [0.25, 0.3) is 5.56 Å². The number of carbonyl (C=O) groups excluding carboxylic acids is 1. The van der Waals surface area contributed by atoms with Crippen LogP contribution in [0.4, 0.5) is 0 Å². The number of nitrogens with zero attached hydrogens (tertiary/aromatic N) is 1. The van der Waals surface area contributed by atoms with E-state index in [1.807, 2.05) is 0 Å². The Labute approximate surface area is 114 Å². The van der Waals surface area contributed by atoms with Gasteiger partial charge in [0.2, 0.25) is 0 Å². The van der Waals surface area contributed by atoms with Crippen LogP contribution in [-0.4, -0.2) is 15.5 Å². The summed E-state index contributed by atoms with van der Waals surface area (Å²) in [6.07, 6.45) is 1.70. The maximum atomic E-state index is 12.2. The fraction of sp³-hybridized carbons (Fsp3) is 0.357. The number of unbranched alkanes of at least 4 members (excludes halogenated alkanes) is 2. The van der Waals surface area contributed by atoms with Gasteiger partial charge in [-0.2, -0.15) is 0 Å². The summed E-state index contributed by atoms with van der Waals surface area (Å²) < 4.78 is 1.15. The summed E-state index contributed by atoms with van der Waals surface area (Å²) in [7, 11) is 0. The number of H-pyrrole nitrogens is 1. The summed E-state index contributed by atoms with van der Waals surface area (Å²) in [4.78, 5) is 36.9. The van der Waals surface area contributed by atoms with E-state index in [1.165, 1.54) is 0 Å². The molecule has 6 nitrogen and oxygen atoms in total. The van der Waals surface area contributed by atoms with Gasteiger partial charge in [0, 0.05) is 12.5 Å². The summed E-state index contributed by atoms with van der Waals surface area (Å²) in [6, 6.07) is 6.84. The first kappa shape index (κ1) is 14.0. The van der Waals surface area contributed by atoms with Crippen LogP contribution in [0.3, 0.4) is 0 Å².